The van der Waals surface area contributed by atoms with Crippen molar-refractivity contribution in [3.05, 3.63) is 41.0 Å². The topological polar surface area (TPSA) is 105 Å². The van der Waals surface area contributed by atoms with Crippen LogP contribution in [-0.2, 0) is 38.1 Å². The molecule has 0 unspecified atom stereocenters. The van der Waals surface area contributed by atoms with Gasteiger partial charge < -0.3 is 18.9 Å². The van der Waals surface area contributed by atoms with Crippen molar-refractivity contribution in [1.82, 2.24) is 0 Å². The third kappa shape index (κ3) is 6.44. The first kappa shape index (κ1) is 23.9. The quantitative estimate of drug-likeness (QED) is 0.350. The van der Waals surface area contributed by atoms with Gasteiger partial charge in [0, 0.05) is 19.4 Å². The van der Waals surface area contributed by atoms with E-state index in [-0.39, 0.29) is 18.8 Å². The van der Waals surface area contributed by atoms with Gasteiger partial charge in [-0.15, -0.1) is 0 Å². The molecule has 0 aromatic heterocycles. The van der Waals surface area contributed by atoms with E-state index in [1.54, 1.807) is 18.2 Å². The van der Waals surface area contributed by atoms with E-state index in [2.05, 4.69) is 0 Å². The smallest absolute Gasteiger partial charge is 0.367 e. The lowest BCUT2D eigenvalue weighted by Crippen LogP contribution is -2.54. The maximum Gasteiger partial charge on any atom is 0.367 e. The van der Waals surface area contributed by atoms with Crippen LogP contribution in [0.2, 0.25) is 0 Å². The van der Waals surface area contributed by atoms with Crippen molar-refractivity contribution >= 4 is 30.0 Å². The van der Waals surface area contributed by atoms with Crippen LogP contribution in [0.5, 0.6) is 0 Å². The van der Waals surface area contributed by atoms with E-state index in [4.69, 9.17) is 18.9 Å². The summed E-state index contributed by atoms with van der Waals surface area (Å²) in [5, 5.41) is 0. The molecule has 0 aliphatic rings. The van der Waals surface area contributed by atoms with Crippen LogP contribution in [0.4, 0.5) is 0 Å². The zero-order valence-corrected chi connectivity index (χ0v) is 17.3. The Kier molecular flexibility index (Phi) is 9.05. The van der Waals surface area contributed by atoms with Gasteiger partial charge in [-0.25, -0.2) is 9.59 Å². The summed E-state index contributed by atoms with van der Waals surface area (Å²) in [6, 6.07) is 7.13. The number of esters is 4. The Labute approximate surface area is 169 Å². The fraction of sp³-hybridized carbons (Fsp3) is 0.429. The third-order valence-corrected chi connectivity index (χ3v) is 3.69. The molecule has 0 atom stereocenters. The van der Waals surface area contributed by atoms with E-state index in [1.165, 1.54) is 26.8 Å². The number of carbonyl (C=O) groups excluding carboxylic acids is 4. The highest BCUT2D eigenvalue weighted by Crippen LogP contribution is 2.29. The van der Waals surface area contributed by atoms with E-state index < -0.39 is 36.1 Å². The Bertz CT molecular complexity index is 776. The van der Waals surface area contributed by atoms with Gasteiger partial charge in [-0.05, 0) is 32.4 Å². The van der Waals surface area contributed by atoms with Gasteiger partial charge in [-0.3, -0.25) is 9.59 Å². The maximum atomic E-state index is 12.9. The van der Waals surface area contributed by atoms with Crippen LogP contribution < -0.4 is 0 Å². The van der Waals surface area contributed by atoms with Crippen molar-refractivity contribution in [3.8, 4) is 0 Å². The van der Waals surface area contributed by atoms with E-state index in [1.807, 2.05) is 13.0 Å². The number of hydrogen-bond donors (Lipinski definition) is 0. The Balaban J connectivity index is 3.73. The normalized spacial score (nSPS) is 11.4. The van der Waals surface area contributed by atoms with Gasteiger partial charge in [0.2, 0.25) is 0 Å². The van der Waals surface area contributed by atoms with Gasteiger partial charge in [0.1, 0.15) is 6.61 Å². The van der Waals surface area contributed by atoms with Crippen LogP contribution in [0.1, 0.15) is 38.8 Å². The van der Waals surface area contributed by atoms with E-state index in [0.717, 1.165) is 12.5 Å². The minimum atomic E-state index is -2.54. The SMILES string of the molecule is CCOC(=O)C(OC(C)=O)(C(=O)OCC)/C(=C/c1cccc(C)c1)COC(C)=O. The number of aryl methyl sites for hydroxylation is 1. The zero-order valence-electron chi connectivity index (χ0n) is 17.3. The summed E-state index contributed by atoms with van der Waals surface area (Å²) >= 11 is 0. The first-order chi connectivity index (χ1) is 13.7. The van der Waals surface area contributed by atoms with Gasteiger partial charge in [0.25, 0.3) is 0 Å². The van der Waals surface area contributed by atoms with Gasteiger partial charge in [-0.1, -0.05) is 29.8 Å². The van der Waals surface area contributed by atoms with Gasteiger partial charge in [0.05, 0.1) is 13.2 Å². The van der Waals surface area contributed by atoms with E-state index in [9.17, 15) is 19.2 Å². The number of rotatable bonds is 9. The van der Waals surface area contributed by atoms with Crippen LogP contribution in [0, 0.1) is 6.92 Å². The summed E-state index contributed by atoms with van der Waals surface area (Å²) in [6.45, 7) is 6.51. The first-order valence-corrected chi connectivity index (χ1v) is 9.12. The Hall–Kier alpha value is -3.16. The molecule has 8 nitrogen and oxygen atoms in total. The molecule has 1 aromatic carbocycles. The molecule has 0 saturated carbocycles. The molecule has 8 heteroatoms. The zero-order chi connectivity index (χ0) is 22.0. The molecule has 0 saturated heterocycles. The molecule has 0 aliphatic heterocycles. The predicted octanol–water partition coefficient (Wildman–Crippen LogP) is 2.37. The summed E-state index contributed by atoms with van der Waals surface area (Å²) in [4.78, 5) is 49.0. The highest BCUT2D eigenvalue weighted by atomic mass is 16.6. The molecule has 0 aliphatic carbocycles. The predicted molar refractivity (Wildman–Crippen MR) is 104 cm³/mol. The monoisotopic (exact) mass is 406 g/mol. The fourth-order valence-electron chi connectivity index (χ4n) is 2.56. The second-order valence-electron chi connectivity index (χ2n) is 6.08. The maximum absolute atomic E-state index is 12.9. The molecule has 0 N–H and O–H groups in total. The van der Waals surface area contributed by atoms with Crippen LogP contribution in [0.15, 0.2) is 29.8 Å². The lowest BCUT2D eigenvalue weighted by Gasteiger charge is -2.30. The Morgan fingerprint density at radius 2 is 1.52 bits per heavy atom. The summed E-state index contributed by atoms with van der Waals surface area (Å²) in [5.41, 5.74) is -1.14. The largest absolute Gasteiger partial charge is 0.462 e. The summed E-state index contributed by atoms with van der Waals surface area (Å²) in [5.74, 6) is -3.84. The molecular weight excluding hydrogens is 380 g/mol. The van der Waals surface area contributed by atoms with Crippen LogP contribution >= 0.6 is 0 Å². The highest BCUT2D eigenvalue weighted by Gasteiger charge is 2.56. The Morgan fingerprint density at radius 3 is 1.97 bits per heavy atom. The molecule has 0 amide bonds. The first-order valence-electron chi connectivity index (χ1n) is 9.12. The third-order valence-electron chi connectivity index (χ3n) is 3.69. The van der Waals surface area contributed by atoms with E-state index in [0.29, 0.717) is 5.56 Å². The average molecular weight is 406 g/mol. The second-order valence-corrected chi connectivity index (χ2v) is 6.08. The van der Waals surface area contributed by atoms with Crippen molar-refractivity contribution in [2.24, 2.45) is 0 Å². The fourth-order valence-corrected chi connectivity index (χ4v) is 2.56. The lowest BCUT2D eigenvalue weighted by molar-refractivity contribution is -0.191. The number of ether oxygens (including phenoxy) is 4. The van der Waals surface area contributed by atoms with Crippen molar-refractivity contribution in [2.75, 3.05) is 19.8 Å². The molecule has 1 aromatic rings. The van der Waals surface area contributed by atoms with Gasteiger partial charge in [-0.2, -0.15) is 0 Å². The van der Waals surface area contributed by atoms with Gasteiger partial charge in [0.15, 0.2) is 0 Å². The Morgan fingerprint density at radius 1 is 0.931 bits per heavy atom. The number of hydrogen-bond acceptors (Lipinski definition) is 8. The highest BCUT2D eigenvalue weighted by molar-refractivity contribution is 6.10. The molecule has 29 heavy (non-hydrogen) atoms. The second kappa shape index (κ2) is 11.0. The molecule has 0 heterocycles. The van der Waals surface area contributed by atoms with Crippen LogP contribution in [0.25, 0.3) is 6.08 Å². The molecule has 1 rings (SSSR count). The minimum Gasteiger partial charge on any atom is -0.462 e. The van der Waals surface area contributed by atoms with Crippen molar-refractivity contribution < 1.29 is 38.1 Å². The standard InChI is InChI=1S/C21H26O8/c1-6-26-19(24)21(29-16(5)23,20(25)27-7-2)18(13-28-15(4)22)12-17-10-8-9-14(3)11-17/h8-12H,6-7,13H2,1-5H3/b18-12+. The molecule has 0 fully saturated rings. The van der Waals surface area contributed by atoms with Crippen LogP contribution in [0.3, 0.4) is 0 Å². The van der Waals surface area contributed by atoms with E-state index >= 15 is 0 Å². The number of benzene rings is 1. The average Bonchev–Trinajstić information content (AvgIpc) is 2.63. The summed E-state index contributed by atoms with van der Waals surface area (Å²) < 4.78 is 20.3. The van der Waals surface area contributed by atoms with Crippen molar-refractivity contribution in [1.29, 1.82) is 0 Å². The minimum absolute atomic E-state index is 0.0768. The van der Waals surface area contributed by atoms with Crippen molar-refractivity contribution in [2.45, 2.75) is 40.2 Å². The van der Waals surface area contributed by atoms with Crippen molar-refractivity contribution in [3.63, 3.8) is 0 Å². The molecule has 158 valence electrons. The number of carbonyl (C=O) groups is 4. The lowest BCUT2D eigenvalue weighted by atomic mass is 9.91. The van der Waals surface area contributed by atoms with Gasteiger partial charge >= 0.3 is 29.5 Å². The molecule has 0 bridgehead atoms. The summed E-state index contributed by atoms with van der Waals surface area (Å²) in [6.07, 6.45) is 1.44. The van der Waals surface area contributed by atoms with Crippen LogP contribution in [-0.4, -0.2) is 49.3 Å². The molecule has 0 spiro atoms. The molecule has 0 radical (unpaired) electrons. The molecular formula is C21H26O8. The summed E-state index contributed by atoms with van der Waals surface area (Å²) in [7, 11) is 0.